The number of hydrogen-bond donors (Lipinski definition) is 1. The van der Waals surface area contributed by atoms with Crippen LogP contribution in [0.5, 0.6) is 0 Å². The van der Waals surface area contributed by atoms with Crippen LogP contribution < -0.4 is 0 Å². The summed E-state index contributed by atoms with van der Waals surface area (Å²) >= 11 is 2.16. The molecule has 1 unspecified atom stereocenters. The summed E-state index contributed by atoms with van der Waals surface area (Å²) in [5.74, 6) is 0.280. The van der Waals surface area contributed by atoms with Gasteiger partial charge in [-0.25, -0.2) is 0 Å². The second-order valence-electron chi connectivity index (χ2n) is 3.94. The lowest BCUT2D eigenvalue weighted by Gasteiger charge is -2.32. The van der Waals surface area contributed by atoms with Gasteiger partial charge in [0.15, 0.2) is 5.78 Å². The Morgan fingerprint density at radius 1 is 1.77 bits per heavy atom. The fourth-order valence-electron chi connectivity index (χ4n) is 1.48. The molecule has 74 valence electrons. The minimum absolute atomic E-state index is 0.0978. The van der Waals surface area contributed by atoms with Crippen molar-refractivity contribution < 1.29 is 9.90 Å². The van der Waals surface area contributed by atoms with Gasteiger partial charge >= 0.3 is 0 Å². The average molecular weight is 294 g/mol. The standard InChI is InChI=1S/C10H15IO2/c1-7-3-4-8(5-9(7)12)10(2,13)6-11/h3,8,13H,4-6H2,1-2H3/t8-,10?/m0/s1. The van der Waals surface area contributed by atoms with E-state index in [1.165, 1.54) is 0 Å². The van der Waals surface area contributed by atoms with E-state index in [-0.39, 0.29) is 11.7 Å². The van der Waals surface area contributed by atoms with Gasteiger partial charge in [-0.3, -0.25) is 4.79 Å². The first-order valence-electron chi connectivity index (χ1n) is 4.45. The molecule has 0 fully saturated rings. The van der Waals surface area contributed by atoms with Crippen LogP contribution in [0.3, 0.4) is 0 Å². The summed E-state index contributed by atoms with van der Waals surface area (Å²) in [6.45, 7) is 3.66. The van der Waals surface area contributed by atoms with Gasteiger partial charge < -0.3 is 5.11 Å². The Labute approximate surface area is 92.5 Å². The van der Waals surface area contributed by atoms with Crippen LogP contribution in [0.4, 0.5) is 0 Å². The van der Waals surface area contributed by atoms with Crippen LogP contribution in [-0.4, -0.2) is 20.9 Å². The van der Waals surface area contributed by atoms with Gasteiger partial charge in [-0.05, 0) is 31.8 Å². The highest BCUT2D eigenvalue weighted by Gasteiger charge is 2.33. The van der Waals surface area contributed by atoms with Crippen LogP contribution in [0.15, 0.2) is 11.6 Å². The monoisotopic (exact) mass is 294 g/mol. The van der Waals surface area contributed by atoms with Gasteiger partial charge in [0.25, 0.3) is 0 Å². The zero-order valence-electron chi connectivity index (χ0n) is 8.01. The Hall–Kier alpha value is 0.100. The number of carbonyl (C=O) groups is 1. The predicted octanol–water partition coefficient (Wildman–Crippen LogP) is 2.10. The molecule has 1 aliphatic carbocycles. The van der Waals surface area contributed by atoms with Crippen molar-refractivity contribution in [3.05, 3.63) is 11.6 Å². The van der Waals surface area contributed by atoms with Crippen molar-refractivity contribution in [2.75, 3.05) is 4.43 Å². The zero-order chi connectivity index (χ0) is 10.1. The molecule has 0 bridgehead atoms. The summed E-state index contributed by atoms with van der Waals surface area (Å²) in [6, 6.07) is 0. The van der Waals surface area contributed by atoms with Gasteiger partial charge in [0, 0.05) is 10.8 Å². The second kappa shape index (κ2) is 4.09. The summed E-state index contributed by atoms with van der Waals surface area (Å²) in [4.78, 5) is 11.4. The van der Waals surface area contributed by atoms with Crippen LogP contribution in [0.25, 0.3) is 0 Å². The van der Waals surface area contributed by atoms with Gasteiger partial charge in [-0.1, -0.05) is 28.7 Å². The maximum atomic E-state index is 11.4. The maximum absolute atomic E-state index is 11.4. The van der Waals surface area contributed by atoms with Crippen LogP contribution in [0.2, 0.25) is 0 Å². The molecule has 0 spiro atoms. The normalized spacial score (nSPS) is 28.2. The fourth-order valence-corrected chi connectivity index (χ4v) is 2.11. The molecule has 0 aliphatic heterocycles. The number of aliphatic hydroxyl groups is 1. The van der Waals surface area contributed by atoms with Crippen molar-refractivity contribution in [3.63, 3.8) is 0 Å². The third kappa shape index (κ3) is 2.53. The lowest BCUT2D eigenvalue weighted by atomic mass is 9.79. The first kappa shape index (κ1) is 11.2. The molecule has 1 aliphatic rings. The van der Waals surface area contributed by atoms with Crippen molar-refractivity contribution in [2.24, 2.45) is 5.92 Å². The number of halogens is 1. The maximum Gasteiger partial charge on any atom is 0.158 e. The van der Waals surface area contributed by atoms with E-state index < -0.39 is 5.60 Å². The van der Waals surface area contributed by atoms with Crippen LogP contribution in [0, 0.1) is 5.92 Å². The summed E-state index contributed by atoms with van der Waals surface area (Å²) in [5.41, 5.74) is 0.147. The molecule has 1 rings (SSSR count). The Morgan fingerprint density at radius 3 is 2.85 bits per heavy atom. The van der Waals surface area contributed by atoms with E-state index in [1.54, 1.807) is 0 Å². The molecule has 0 saturated heterocycles. The average Bonchev–Trinajstić information content (AvgIpc) is 2.09. The minimum Gasteiger partial charge on any atom is -0.389 e. The number of Topliss-reactive ketones (excluding diaryl/α,β-unsaturated/α-hetero) is 1. The number of alkyl halides is 1. The third-order valence-corrected chi connectivity index (χ3v) is 4.27. The van der Waals surface area contributed by atoms with Crippen molar-refractivity contribution in [2.45, 2.75) is 32.3 Å². The van der Waals surface area contributed by atoms with Gasteiger partial charge in [0.05, 0.1) is 5.60 Å². The quantitative estimate of drug-likeness (QED) is 0.625. The molecule has 0 aromatic carbocycles. The smallest absolute Gasteiger partial charge is 0.158 e. The molecular weight excluding hydrogens is 279 g/mol. The van der Waals surface area contributed by atoms with E-state index >= 15 is 0 Å². The summed E-state index contributed by atoms with van der Waals surface area (Å²) < 4.78 is 0.676. The molecule has 1 N–H and O–H groups in total. The van der Waals surface area contributed by atoms with Gasteiger partial charge in [0.2, 0.25) is 0 Å². The van der Waals surface area contributed by atoms with E-state index in [2.05, 4.69) is 22.6 Å². The molecule has 0 heterocycles. The number of rotatable bonds is 2. The third-order valence-electron chi connectivity index (χ3n) is 2.73. The Morgan fingerprint density at radius 2 is 2.38 bits per heavy atom. The number of hydrogen-bond acceptors (Lipinski definition) is 2. The fraction of sp³-hybridized carbons (Fsp3) is 0.700. The predicted molar refractivity (Wildman–Crippen MR) is 61.0 cm³/mol. The van der Waals surface area contributed by atoms with Crippen LogP contribution in [-0.2, 0) is 4.79 Å². The molecule has 0 aromatic rings. The number of allylic oxidation sites excluding steroid dienone is 2. The van der Waals surface area contributed by atoms with E-state index in [0.29, 0.717) is 10.8 Å². The van der Waals surface area contributed by atoms with Crippen LogP contribution in [0.1, 0.15) is 26.7 Å². The summed E-state index contributed by atoms with van der Waals surface area (Å²) in [6.07, 6.45) is 3.27. The lowest BCUT2D eigenvalue weighted by Crippen LogP contribution is -2.38. The highest BCUT2D eigenvalue weighted by molar-refractivity contribution is 14.1. The Bertz CT molecular complexity index is 243. The molecule has 0 saturated carbocycles. The Kier molecular flexibility index (Phi) is 3.51. The first-order valence-corrected chi connectivity index (χ1v) is 5.98. The highest BCUT2D eigenvalue weighted by atomic mass is 127. The number of carbonyl (C=O) groups excluding carboxylic acids is 1. The largest absolute Gasteiger partial charge is 0.389 e. The van der Waals surface area contributed by atoms with E-state index in [0.717, 1.165) is 12.0 Å². The van der Waals surface area contributed by atoms with Crippen LogP contribution >= 0.6 is 22.6 Å². The summed E-state index contributed by atoms with van der Waals surface area (Å²) in [7, 11) is 0. The van der Waals surface area contributed by atoms with E-state index in [1.807, 2.05) is 19.9 Å². The Balaban J connectivity index is 2.73. The highest BCUT2D eigenvalue weighted by Crippen LogP contribution is 2.31. The lowest BCUT2D eigenvalue weighted by molar-refractivity contribution is -0.119. The first-order chi connectivity index (χ1) is 5.97. The minimum atomic E-state index is -0.701. The summed E-state index contributed by atoms with van der Waals surface area (Å²) in [5, 5.41) is 9.96. The topological polar surface area (TPSA) is 37.3 Å². The molecule has 0 amide bonds. The van der Waals surface area contributed by atoms with E-state index in [4.69, 9.17) is 0 Å². The molecular formula is C10H15IO2. The SMILES string of the molecule is CC1=CC[C@H](C(C)(O)CI)CC1=O. The van der Waals surface area contributed by atoms with Gasteiger partial charge in [0.1, 0.15) is 0 Å². The van der Waals surface area contributed by atoms with Crippen molar-refractivity contribution in [1.29, 1.82) is 0 Å². The molecule has 3 heteroatoms. The van der Waals surface area contributed by atoms with Gasteiger partial charge in [-0.2, -0.15) is 0 Å². The molecule has 2 atom stereocenters. The molecule has 0 radical (unpaired) electrons. The van der Waals surface area contributed by atoms with Crippen molar-refractivity contribution in [3.8, 4) is 0 Å². The molecule has 2 nitrogen and oxygen atoms in total. The molecule has 13 heavy (non-hydrogen) atoms. The zero-order valence-corrected chi connectivity index (χ0v) is 10.2. The van der Waals surface area contributed by atoms with Gasteiger partial charge in [-0.15, -0.1) is 0 Å². The number of ketones is 1. The van der Waals surface area contributed by atoms with E-state index in [9.17, 15) is 9.90 Å². The van der Waals surface area contributed by atoms with Crippen molar-refractivity contribution >= 4 is 28.4 Å². The second-order valence-corrected chi connectivity index (χ2v) is 4.70. The molecule has 0 aromatic heterocycles. The van der Waals surface area contributed by atoms with Crippen molar-refractivity contribution in [1.82, 2.24) is 0 Å².